The molecule has 0 aromatic heterocycles. The van der Waals surface area contributed by atoms with E-state index in [0.717, 1.165) is 35.5 Å². The molecule has 0 N–H and O–H groups in total. The quantitative estimate of drug-likeness (QED) is 0.0421. The molecule has 0 fully saturated rings. The molecule has 0 saturated heterocycles. The Balaban J connectivity index is 7.79. The van der Waals surface area contributed by atoms with Crippen LogP contribution in [-0.2, 0) is 0 Å². The van der Waals surface area contributed by atoms with Gasteiger partial charge in [-0.05, 0) is 158 Å². The lowest BCUT2D eigenvalue weighted by atomic mass is 9.60. The van der Waals surface area contributed by atoms with Crippen LogP contribution in [0.15, 0.2) is 88.1 Å². The van der Waals surface area contributed by atoms with E-state index in [9.17, 15) is 0 Å². The Morgan fingerprint density at radius 1 is 0.159 bits per heavy atom. The van der Waals surface area contributed by atoms with E-state index >= 15 is 0 Å². The van der Waals surface area contributed by atoms with Crippen LogP contribution in [0.2, 0.25) is 0 Å². The molecule has 0 aromatic rings. The molecule has 0 nitrogen and oxygen atoms in total. The fourth-order valence-corrected chi connectivity index (χ4v) is 22.5. The Kier molecular flexibility index (Phi) is 109. The van der Waals surface area contributed by atoms with Gasteiger partial charge < -0.3 is 0 Å². The number of rotatable bonds is 116. The number of hydrogen-bond acceptors (Lipinski definition) is 0. The molecule has 0 radical (unpaired) electrons. The third-order valence-electron chi connectivity index (χ3n) is 30.7. The van der Waals surface area contributed by atoms with Crippen LogP contribution in [0.3, 0.4) is 0 Å². The van der Waals surface area contributed by atoms with Gasteiger partial charge in [0.05, 0.1) is 0 Å². The van der Waals surface area contributed by atoms with Gasteiger partial charge in [-0.2, -0.15) is 0 Å². The predicted molar refractivity (Wildman–Crippen MR) is 583 cm³/mol. The minimum atomic E-state index is 0.801. The zero-order chi connectivity index (χ0) is 90.8. The fraction of sp³-hybridized carbons (Fsp3) is 0.889. The Morgan fingerprint density at radius 2 is 0.302 bits per heavy atom. The SMILES string of the molecule is C=CCCCCCCCCCCCCCCCCC(CC=C)C(CCCCCCCCCCCCCCCCC=C)C(CCCCCCCCCCCCCCCCC=C)C(CCCCCCCCCCCCCCCCC=C)C(CCCCCCCCCCCCCCCCC=C)C(CCCCCCCCC)CCCCCCCCCCCCCCCC(=C)C. The smallest absolute Gasteiger partial charge is 0.0322 e. The molecule has 0 heteroatoms. The van der Waals surface area contributed by atoms with Gasteiger partial charge in [-0.3, -0.25) is 0 Å². The Labute approximate surface area is 800 Å². The molecular formula is C126H240. The van der Waals surface area contributed by atoms with Gasteiger partial charge in [0.2, 0.25) is 0 Å². The molecule has 744 valence electrons. The maximum Gasteiger partial charge on any atom is -0.0322 e. The average Bonchev–Trinajstić information content (AvgIpc) is 0.808. The first-order valence-electron chi connectivity index (χ1n) is 59.7. The fourth-order valence-electron chi connectivity index (χ4n) is 22.5. The van der Waals surface area contributed by atoms with Gasteiger partial charge in [0.1, 0.15) is 0 Å². The average molecular weight is 1760 g/mol. The van der Waals surface area contributed by atoms with E-state index in [-0.39, 0.29) is 0 Å². The highest BCUT2D eigenvalue weighted by Gasteiger charge is 2.39. The lowest BCUT2D eigenvalue weighted by Crippen LogP contribution is -2.37. The van der Waals surface area contributed by atoms with Crippen molar-refractivity contribution >= 4 is 0 Å². The maximum atomic E-state index is 4.77. The first kappa shape index (κ1) is 124. The van der Waals surface area contributed by atoms with Crippen LogP contribution in [0.25, 0.3) is 0 Å². The lowest BCUT2D eigenvalue weighted by molar-refractivity contribution is 0.0478. The van der Waals surface area contributed by atoms with E-state index in [1.807, 2.05) is 0 Å². The summed E-state index contributed by atoms with van der Waals surface area (Å²) in [6, 6.07) is 0. The van der Waals surface area contributed by atoms with Gasteiger partial charge in [0.15, 0.2) is 0 Å². The molecule has 0 spiro atoms. The summed E-state index contributed by atoms with van der Waals surface area (Å²) < 4.78 is 0. The van der Waals surface area contributed by atoms with Crippen molar-refractivity contribution in [3.05, 3.63) is 88.1 Å². The Hall–Kier alpha value is -1.82. The number of hydrogen-bond donors (Lipinski definition) is 0. The molecule has 0 heterocycles. The molecule has 126 heavy (non-hydrogen) atoms. The summed E-state index contributed by atoms with van der Waals surface area (Å²) in [6.45, 7) is 33.4. The highest BCUT2D eigenvalue weighted by atomic mass is 14.4. The summed E-state index contributed by atoms with van der Waals surface area (Å²) in [5.41, 5.74) is 1.36. The van der Waals surface area contributed by atoms with E-state index in [1.54, 1.807) is 12.8 Å². The summed E-state index contributed by atoms with van der Waals surface area (Å²) in [5.74, 6) is 5.21. The molecule has 0 amide bonds. The second kappa shape index (κ2) is 110. The Bertz CT molecular complexity index is 2080. The van der Waals surface area contributed by atoms with E-state index in [2.05, 4.69) is 89.8 Å². The second-order valence-corrected chi connectivity index (χ2v) is 42.8. The first-order chi connectivity index (χ1) is 62.4. The molecule has 6 atom stereocenters. The van der Waals surface area contributed by atoms with Crippen LogP contribution >= 0.6 is 0 Å². The van der Waals surface area contributed by atoms with E-state index in [4.69, 9.17) is 6.58 Å². The Morgan fingerprint density at radius 3 is 0.476 bits per heavy atom. The monoisotopic (exact) mass is 1750 g/mol. The van der Waals surface area contributed by atoms with Crippen molar-refractivity contribution < 1.29 is 0 Å². The van der Waals surface area contributed by atoms with Gasteiger partial charge >= 0.3 is 0 Å². The van der Waals surface area contributed by atoms with E-state index < -0.39 is 0 Å². The zero-order valence-electron chi connectivity index (χ0n) is 87.9. The number of unbranched alkanes of at least 4 members (excludes halogenated alkanes) is 88. The summed E-state index contributed by atoms with van der Waals surface area (Å²) >= 11 is 0. The minimum absolute atomic E-state index is 0.801. The van der Waals surface area contributed by atoms with Gasteiger partial charge in [-0.1, -0.05) is 601 Å². The highest BCUT2D eigenvalue weighted by Crippen LogP contribution is 2.49. The minimum Gasteiger partial charge on any atom is -0.103 e. The molecular weight excluding hydrogens is 1510 g/mol. The third-order valence-corrected chi connectivity index (χ3v) is 30.7. The van der Waals surface area contributed by atoms with Gasteiger partial charge in [-0.25, -0.2) is 0 Å². The van der Waals surface area contributed by atoms with Crippen LogP contribution in [0.4, 0.5) is 0 Å². The summed E-state index contributed by atoms with van der Waals surface area (Å²) in [4.78, 5) is 0. The molecule has 0 aliphatic carbocycles. The predicted octanol–water partition coefficient (Wildman–Crippen LogP) is 47.0. The molecule has 0 bridgehead atoms. The van der Waals surface area contributed by atoms with E-state index in [1.165, 1.54) is 660 Å². The van der Waals surface area contributed by atoms with Crippen LogP contribution in [-0.4, -0.2) is 0 Å². The highest BCUT2D eigenvalue weighted by molar-refractivity contribution is 4.92. The molecule has 0 aromatic carbocycles. The summed E-state index contributed by atoms with van der Waals surface area (Å²) in [6.07, 6.45) is 163. The van der Waals surface area contributed by atoms with Crippen LogP contribution in [0.5, 0.6) is 0 Å². The summed E-state index contributed by atoms with van der Waals surface area (Å²) in [7, 11) is 0. The van der Waals surface area contributed by atoms with Crippen molar-refractivity contribution in [3.63, 3.8) is 0 Å². The van der Waals surface area contributed by atoms with Gasteiger partial charge in [0, 0.05) is 0 Å². The largest absolute Gasteiger partial charge is 0.103 e. The maximum absolute atomic E-state index is 4.77. The van der Waals surface area contributed by atoms with Gasteiger partial charge in [0.25, 0.3) is 0 Å². The molecule has 0 aliphatic rings. The molecule has 6 unspecified atom stereocenters. The van der Waals surface area contributed by atoms with Crippen LogP contribution in [0.1, 0.15) is 682 Å². The standard InChI is InChI=1S/C126H240/c1-10-17-23-29-35-40-45-50-55-60-67-74-81-89-97-104-113-121(111-16-7)123(116-107-99-91-83-76-69-61-56-51-46-41-36-30-24-18-11-2)125(118-109-101-93-85-78-71-63-58-53-48-43-38-32-26-20-13-4)126(119-110-102-94-86-79-72-64-59-54-49-44-39-33-27-21-14-5)124(117-108-100-92-84-77-70-62-57-52-47-42-37-31-25-19-12-3)122(114-105-96-87-34-28-22-15-6)115-106-98-90-82-75-68-65-66-73-80-88-95-103-112-120(8)9/h10-14,16,121-126H,1-5,7-8,15,17-119H2,6,9H3. The molecule has 0 aliphatic heterocycles. The van der Waals surface area contributed by atoms with Crippen molar-refractivity contribution in [1.29, 1.82) is 0 Å². The molecule has 0 rings (SSSR count). The lowest BCUT2D eigenvalue weighted by Gasteiger charge is -2.45. The first-order valence-corrected chi connectivity index (χ1v) is 59.7. The van der Waals surface area contributed by atoms with Crippen LogP contribution < -0.4 is 0 Å². The third kappa shape index (κ3) is 94.0. The van der Waals surface area contributed by atoms with Crippen molar-refractivity contribution in [2.45, 2.75) is 682 Å². The topological polar surface area (TPSA) is 0 Å². The molecule has 0 saturated carbocycles. The van der Waals surface area contributed by atoms with Gasteiger partial charge in [-0.15, -0.1) is 46.1 Å². The van der Waals surface area contributed by atoms with E-state index in [0.29, 0.717) is 0 Å². The second-order valence-electron chi connectivity index (χ2n) is 42.8. The van der Waals surface area contributed by atoms with Crippen molar-refractivity contribution in [3.8, 4) is 0 Å². The van der Waals surface area contributed by atoms with Crippen molar-refractivity contribution in [1.82, 2.24) is 0 Å². The normalized spacial score (nSPS) is 13.2. The zero-order valence-corrected chi connectivity index (χ0v) is 87.9. The van der Waals surface area contributed by atoms with Crippen molar-refractivity contribution in [2.75, 3.05) is 0 Å². The van der Waals surface area contributed by atoms with Crippen LogP contribution in [0, 0.1) is 35.5 Å². The number of allylic oxidation sites excluding steroid dienone is 7. The van der Waals surface area contributed by atoms with Crippen molar-refractivity contribution in [2.24, 2.45) is 35.5 Å². The summed E-state index contributed by atoms with van der Waals surface area (Å²) in [5, 5.41) is 0.